The molecule has 3 fully saturated rings. The van der Waals surface area contributed by atoms with Crippen molar-refractivity contribution in [2.45, 2.75) is 75.7 Å². The summed E-state index contributed by atoms with van der Waals surface area (Å²) in [5.74, 6) is 0. The second kappa shape index (κ2) is 7.32. The smallest absolute Gasteiger partial charge is 0.0922 e. The topological polar surface area (TPSA) is 43.2 Å². The van der Waals surface area contributed by atoms with Crippen LogP contribution in [0.3, 0.4) is 0 Å². The molecule has 0 bridgehead atoms. The van der Waals surface area contributed by atoms with Gasteiger partial charge in [0.1, 0.15) is 0 Å². The maximum atomic E-state index is 5.61. The Kier molecular flexibility index (Phi) is 5.20. The number of aliphatic imine (C=N–C) groups is 2. The van der Waals surface area contributed by atoms with Crippen molar-refractivity contribution in [2.24, 2.45) is 9.98 Å². The van der Waals surface area contributed by atoms with Gasteiger partial charge in [-0.2, -0.15) is 0 Å². The summed E-state index contributed by atoms with van der Waals surface area (Å²) in [6.45, 7) is 1.78. The van der Waals surface area contributed by atoms with Gasteiger partial charge in [-0.1, -0.05) is 12.8 Å². The summed E-state index contributed by atoms with van der Waals surface area (Å²) in [6, 6.07) is 0.705. The van der Waals surface area contributed by atoms with Gasteiger partial charge in [0.25, 0.3) is 0 Å². The van der Waals surface area contributed by atoms with Crippen molar-refractivity contribution in [1.29, 1.82) is 0 Å². The van der Waals surface area contributed by atoms with Gasteiger partial charge in [-0.05, 0) is 38.5 Å². The molecule has 0 radical (unpaired) electrons. The molecule has 1 aliphatic carbocycles. The van der Waals surface area contributed by atoms with E-state index in [-0.39, 0.29) is 12.2 Å². The quantitative estimate of drug-likeness (QED) is 0.742. The minimum Gasteiger partial charge on any atom is -0.373 e. The average Bonchev–Trinajstić information content (AvgIpc) is 3.17. The first-order chi connectivity index (χ1) is 9.92. The molecule has 2 aliphatic heterocycles. The fraction of sp³-hybridized carbons (Fsp3) is 0.875. The van der Waals surface area contributed by atoms with E-state index < -0.39 is 0 Å². The summed E-state index contributed by atoms with van der Waals surface area (Å²) >= 11 is 0. The lowest BCUT2D eigenvalue weighted by molar-refractivity contribution is 0.160. The van der Waals surface area contributed by atoms with Crippen LogP contribution in [0.4, 0.5) is 0 Å². The third kappa shape index (κ3) is 3.89. The molecule has 112 valence electrons. The fourth-order valence-corrected chi connectivity index (χ4v) is 3.29. The molecule has 0 aromatic carbocycles. The van der Waals surface area contributed by atoms with Crippen LogP contribution in [0.25, 0.3) is 0 Å². The van der Waals surface area contributed by atoms with Crippen molar-refractivity contribution in [3.63, 3.8) is 0 Å². The van der Waals surface area contributed by atoms with E-state index in [1.165, 1.54) is 25.7 Å². The summed E-state index contributed by atoms with van der Waals surface area (Å²) in [6.07, 6.45) is 14.0. The van der Waals surface area contributed by atoms with Crippen LogP contribution in [0.15, 0.2) is 9.98 Å². The highest BCUT2D eigenvalue weighted by atomic mass is 16.5. The molecule has 3 rings (SSSR count). The predicted molar refractivity (Wildman–Crippen MR) is 81.0 cm³/mol. The van der Waals surface area contributed by atoms with Crippen LogP contribution in [-0.2, 0) is 9.47 Å². The van der Waals surface area contributed by atoms with Crippen molar-refractivity contribution in [1.82, 2.24) is 0 Å². The Morgan fingerprint density at radius 3 is 1.55 bits per heavy atom. The van der Waals surface area contributed by atoms with E-state index in [2.05, 4.69) is 0 Å². The fourth-order valence-electron chi connectivity index (χ4n) is 3.29. The Bertz CT molecular complexity index is 310. The van der Waals surface area contributed by atoms with Crippen molar-refractivity contribution < 1.29 is 9.47 Å². The van der Waals surface area contributed by atoms with Crippen LogP contribution < -0.4 is 0 Å². The van der Waals surface area contributed by atoms with Crippen LogP contribution >= 0.6 is 0 Å². The highest BCUT2D eigenvalue weighted by Crippen LogP contribution is 2.24. The van der Waals surface area contributed by atoms with E-state index in [4.69, 9.17) is 19.5 Å². The first-order valence-corrected chi connectivity index (χ1v) is 8.21. The van der Waals surface area contributed by atoms with E-state index in [0.29, 0.717) is 12.1 Å². The maximum Gasteiger partial charge on any atom is 0.0922 e. The molecule has 0 amide bonds. The Labute approximate surface area is 121 Å². The van der Waals surface area contributed by atoms with Gasteiger partial charge in [-0.3, -0.25) is 9.98 Å². The molecule has 1 saturated carbocycles. The largest absolute Gasteiger partial charge is 0.373 e. The summed E-state index contributed by atoms with van der Waals surface area (Å²) in [5.41, 5.74) is 0. The number of hydrogen-bond donors (Lipinski definition) is 0. The molecule has 0 spiro atoms. The van der Waals surface area contributed by atoms with Gasteiger partial charge < -0.3 is 9.47 Å². The van der Waals surface area contributed by atoms with Gasteiger partial charge in [0.05, 0.1) is 24.3 Å². The average molecular weight is 278 g/mol. The predicted octanol–water partition coefficient (Wildman–Crippen LogP) is 2.80. The zero-order valence-corrected chi connectivity index (χ0v) is 12.2. The van der Waals surface area contributed by atoms with Crippen LogP contribution in [0, 0.1) is 0 Å². The van der Waals surface area contributed by atoms with Gasteiger partial charge in [0, 0.05) is 25.6 Å². The summed E-state index contributed by atoms with van der Waals surface area (Å²) in [7, 11) is 0. The number of hydrogen-bond acceptors (Lipinski definition) is 4. The van der Waals surface area contributed by atoms with Crippen LogP contribution in [0.5, 0.6) is 0 Å². The second-order valence-corrected chi connectivity index (χ2v) is 6.12. The number of rotatable bonds is 4. The molecule has 4 heteroatoms. The van der Waals surface area contributed by atoms with E-state index in [1.54, 1.807) is 0 Å². The molecular formula is C16H26N2O2. The van der Waals surface area contributed by atoms with Crippen molar-refractivity contribution >= 4 is 12.4 Å². The van der Waals surface area contributed by atoms with E-state index in [1.807, 2.05) is 12.4 Å². The van der Waals surface area contributed by atoms with Crippen LogP contribution in [0.2, 0.25) is 0 Å². The lowest BCUT2D eigenvalue weighted by Crippen LogP contribution is -2.28. The molecule has 4 unspecified atom stereocenters. The molecule has 4 atom stereocenters. The lowest BCUT2D eigenvalue weighted by Gasteiger charge is -2.26. The molecule has 2 heterocycles. The summed E-state index contributed by atoms with van der Waals surface area (Å²) < 4.78 is 11.2. The maximum absolute atomic E-state index is 5.61. The van der Waals surface area contributed by atoms with E-state index >= 15 is 0 Å². The normalized spacial score (nSPS) is 39.2. The Balaban J connectivity index is 1.55. The standard InChI is InChI=1S/C16H26N2O2/c1-2-8-16(18-12-14-6-4-10-20-14)15(7-1)17-11-13-5-3-9-19-13/h11-16H,1-10H2. The molecular weight excluding hydrogens is 252 g/mol. The Morgan fingerprint density at radius 1 is 0.650 bits per heavy atom. The van der Waals surface area contributed by atoms with E-state index in [0.717, 1.165) is 38.9 Å². The Hall–Kier alpha value is -0.740. The molecule has 2 saturated heterocycles. The third-order valence-corrected chi connectivity index (χ3v) is 4.51. The van der Waals surface area contributed by atoms with Gasteiger partial charge in [-0.15, -0.1) is 0 Å². The highest BCUT2D eigenvalue weighted by Gasteiger charge is 2.24. The van der Waals surface area contributed by atoms with Crippen molar-refractivity contribution in [2.75, 3.05) is 13.2 Å². The molecule has 0 N–H and O–H groups in total. The molecule has 0 aromatic rings. The zero-order chi connectivity index (χ0) is 13.6. The molecule has 3 aliphatic rings. The van der Waals surface area contributed by atoms with Gasteiger partial charge in [0.2, 0.25) is 0 Å². The van der Waals surface area contributed by atoms with E-state index in [9.17, 15) is 0 Å². The molecule has 4 nitrogen and oxygen atoms in total. The van der Waals surface area contributed by atoms with Gasteiger partial charge >= 0.3 is 0 Å². The minimum atomic E-state index is 0.250. The number of nitrogens with zero attached hydrogens (tertiary/aromatic N) is 2. The van der Waals surface area contributed by atoms with Crippen LogP contribution in [-0.4, -0.2) is 49.9 Å². The monoisotopic (exact) mass is 278 g/mol. The first-order valence-electron chi connectivity index (χ1n) is 8.21. The minimum absolute atomic E-state index is 0.250. The third-order valence-electron chi connectivity index (χ3n) is 4.51. The Morgan fingerprint density at radius 2 is 1.15 bits per heavy atom. The molecule has 0 aromatic heterocycles. The summed E-state index contributed by atoms with van der Waals surface area (Å²) in [5, 5.41) is 0. The second-order valence-electron chi connectivity index (χ2n) is 6.12. The highest BCUT2D eigenvalue weighted by molar-refractivity contribution is 5.65. The van der Waals surface area contributed by atoms with Gasteiger partial charge in [-0.25, -0.2) is 0 Å². The zero-order valence-electron chi connectivity index (χ0n) is 12.2. The van der Waals surface area contributed by atoms with Gasteiger partial charge in [0.15, 0.2) is 0 Å². The lowest BCUT2D eigenvalue weighted by atomic mass is 9.91. The van der Waals surface area contributed by atoms with Crippen molar-refractivity contribution in [3.05, 3.63) is 0 Å². The van der Waals surface area contributed by atoms with Crippen LogP contribution in [0.1, 0.15) is 51.4 Å². The number of ether oxygens (including phenoxy) is 2. The SMILES string of the molecule is C(=NC1CCCCC1N=CC1CCCO1)C1CCCO1. The first kappa shape index (κ1) is 14.2. The molecule has 20 heavy (non-hydrogen) atoms. The summed E-state index contributed by atoms with van der Waals surface area (Å²) in [4.78, 5) is 9.57. The van der Waals surface area contributed by atoms with Crippen molar-refractivity contribution in [3.8, 4) is 0 Å².